The second-order valence-corrected chi connectivity index (χ2v) is 4.67. The van der Waals surface area contributed by atoms with Crippen LogP contribution in [0.4, 0.5) is 5.69 Å². The fraction of sp³-hybridized carbons (Fsp3) is 0.600. The highest BCUT2D eigenvalue weighted by Crippen LogP contribution is 2.20. The number of nitrogens with two attached hydrogens (primary N) is 1. The van der Waals surface area contributed by atoms with E-state index in [1.165, 1.54) is 17.7 Å². The van der Waals surface area contributed by atoms with E-state index in [2.05, 4.69) is 43.0 Å². The highest BCUT2D eigenvalue weighted by atomic mass is 16.3. The maximum absolute atomic E-state index is 9.12. The molecule has 3 nitrogen and oxygen atoms in total. The van der Waals surface area contributed by atoms with Gasteiger partial charge in [0.1, 0.15) is 0 Å². The minimum atomic E-state index is 0.126. The first-order chi connectivity index (χ1) is 8.72. The molecule has 0 bridgehead atoms. The first-order valence-corrected chi connectivity index (χ1v) is 6.94. The van der Waals surface area contributed by atoms with Crippen molar-refractivity contribution in [3.8, 4) is 0 Å². The van der Waals surface area contributed by atoms with Gasteiger partial charge in [-0.25, -0.2) is 0 Å². The molecule has 0 heterocycles. The second kappa shape index (κ2) is 8.11. The van der Waals surface area contributed by atoms with Crippen LogP contribution >= 0.6 is 0 Å². The molecule has 18 heavy (non-hydrogen) atoms. The Balaban J connectivity index is 2.73. The van der Waals surface area contributed by atoms with Crippen LogP contribution in [0.25, 0.3) is 0 Å². The van der Waals surface area contributed by atoms with Gasteiger partial charge in [-0.15, -0.1) is 0 Å². The number of anilines is 1. The first kappa shape index (κ1) is 15.0. The van der Waals surface area contributed by atoms with Gasteiger partial charge in [0.15, 0.2) is 0 Å². The molecule has 0 aliphatic carbocycles. The van der Waals surface area contributed by atoms with Gasteiger partial charge in [0.05, 0.1) is 6.61 Å². The number of hydrogen-bond acceptors (Lipinski definition) is 3. The van der Waals surface area contributed by atoms with Gasteiger partial charge in [-0.3, -0.25) is 0 Å². The molecule has 1 aromatic carbocycles. The average molecular weight is 250 g/mol. The van der Waals surface area contributed by atoms with Crippen molar-refractivity contribution in [2.75, 3.05) is 24.6 Å². The van der Waals surface area contributed by atoms with Crippen LogP contribution in [-0.2, 0) is 0 Å². The van der Waals surface area contributed by atoms with Crippen molar-refractivity contribution >= 4 is 5.69 Å². The quantitative estimate of drug-likeness (QED) is 0.746. The molecule has 0 fully saturated rings. The summed E-state index contributed by atoms with van der Waals surface area (Å²) in [6.07, 6.45) is 3.27. The minimum Gasteiger partial charge on any atom is -0.395 e. The molecule has 3 N–H and O–H groups in total. The van der Waals surface area contributed by atoms with Gasteiger partial charge >= 0.3 is 0 Å². The molecule has 0 radical (unpaired) electrons. The molecule has 0 saturated carbocycles. The highest BCUT2D eigenvalue weighted by molar-refractivity contribution is 5.48. The molecule has 1 rings (SSSR count). The Morgan fingerprint density at radius 3 is 2.33 bits per heavy atom. The van der Waals surface area contributed by atoms with Crippen LogP contribution in [0.5, 0.6) is 0 Å². The van der Waals surface area contributed by atoms with E-state index in [-0.39, 0.29) is 12.6 Å². The Bertz CT molecular complexity index is 324. The maximum Gasteiger partial charge on any atom is 0.0606 e. The molecule has 0 aliphatic heterocycles. The Kier molecular flexibility index (Phi) is 6.76. The third kappa shape index (κ3) is 4.31. The second-order valence-electron chi connectivity index (χ2n) is 4.67. The van der Waals surface area contributed by atoms with Crippen molar-refractivity contribution < 1.29 is 5.11 Å². The lowest BCUT2D eigenvalue weighted by Crippen LogP contribution is -2.27. The predicted molar refractivity (Wildman–Crippen MR) is 77.9 cm³/mol. The largest absolute Gasteiger partial charge is 0.395 e. The zero-order chi connectivity index (χ0) is 13.4. The number of rotatable bonds is 8. The molecule has 0 amide bonds. The molecule has 0 spiro atoms. The van der Waals surface area contributed by atoms with Crippen molar-refractivity contribution in [2.45, 2.75) is 39.2 Å². The summed E-state index contributed by atoms with van der Waals surface area (Å²) in [4.78, 5) is 2.23. The van der Waals surface area contributed by atoms with E-state index in [4.69, 9.17) is 10.8 Å². The summed E-state index contributed by atoms with van der Waals surface area (Å²) in [5.74, 6) is 0. The van der Waals surface area contributed by atoms with Crippen LogP contribution < -0.4 is 10.6 Å². The van der Waals surface area contributed by atoms with E-state index in [0.717, 1.165) is 19.4 Å². The van der Waals surface area contributed by atoms with Gasteiger partial charge in [-0.05, 0) is 30.5 Å². The fourth-order valence-electron chi connectivity index (χ4n) is 2.01. The molecule has 1 unspecified atom stereocenters. The van der Waals surface area contributed by atoms with E-state index in [1.807, 2.05) is 0 Å². The molecule has 0 aliphatic rings. The normalized spacial score (nSPS) is 12.4. The molecular weight excluding hydrogens is 224 g/mol. The number of hydrogen-bond donors (Lipinski definition) is 2. The number of unbranched alkanes of at least 4 members (excludes halogenated alkanes) is 1. The first-order valence-electron chi connectivity index (χ1n) is 6.94. The van der Waals surface area contributed by atoms with E-state index in [1.54, 1.807) is 0 Å². The lowest BCUT2D eigenvalue weighted by Gasteiger charge is -2.24. The van der Waals surface area contributed by atoms with Crippen LogP contribution in [-0.4, -0.2) is 24.8 Å². The van der Waals surface area contributed by atoms with Gasteiger partial charge in [0, 0.05) is 24.8 Å². The fourth-order valence-corrected chi connectivity index (χ4v) is 2.01. The SMILES string of the molecule is CCCCN(CCO)c1ccc(C(N)CC)cc1. The van der Waals surface area contributed by atoms with Crippen LogP contribution in [0.3, 0.4) is 0 Å². The number of aliphatic hydroxyl groups is 1. The summed E-state index contributed by atoms with van der Waals surface area (Å²) in [5.41, 5.74) is 8.36. The van der Waals surface area contributed by atoms with Crippen LogP contribution in [0.1, 0.15) is 44.7 Å². The maximum atomic E-state index is 9.12. The summed E-state index contributed by atoms with van der Waals surface area (Å²) < 4.78 is 0. The summed E-state index contributed by atoms with van der Waals surface area (Å²) >= 11 is 0. The van der Waals surface area contributed by atoms with Crippen LogP contribution in [0.15, 0.2) is 24.3 Å². The molecule has 102 valence electrons. The standard InChI is InChI=1S/C15H26N2O/c1-3-5-10-17(11-12-18)14-8-6-13(7-9-14)15(16)4-2/h6-9,15,18H,3-5,10-12,16H2,1-2H3. The van der Waals surface area contributed by atoms with Crippen molar-refractivity contribution in [2.24, 2.45) is 5.73 Å². The van der Waals surface area contributed by atoms with Crippen molar-refractivity contribution in [3.05, 3.63) is 29.8 Å². The molecule has 3 heteroatoms. The topological polar surface area (TPSA) is 49.5 Å². The lowest BCUT2D eigenvalue weighted by molar-refractivity contribution is 0.301. The monoisotopic (exact) mass is 250 g/mol. The summed E-state index contributed by atoms with van der Waals surface area (Å²) in [6, 6.07) is 8.53. The summed E-state index contributed by atoms with van der Waals surface area (Å²) in [7, 11) is 0. The Morgan fingerprint density at radius 1 is 1.17 bits per heavy atom. The molecule has 1 aromatic rings. The van der Waals surface area contributed by atoms with Gasteiger partial charge in [-0.1, -0.05) is 32.4 Å². The number of benzene rings is 1. The lowest BCUT2D eigenvalue weighted by atomic mass is 10.0. The molecule has 0 aromatic heterocycles. The molecule has 1 atom stereocenters. The summed E-state index contributed by atoms with van der Waals surface area (Å²) in [6.45, 7) is 6.16. The van der Waals surface area contributed by atoms with Gasteiger partial charge < -0.3 is 15.7 Å². The minimum absolute atomic E-state index is 0.126. The van der Waals surface area contributed by atoms with Crippen molar-refractivity contribution in [3.63, 3.8) is 0 Å². The summed E-state index contributed by atoms with van der Waals surface area (Å²) in [5, 5.41) is 9.12. The third-order valence-electron chi connectivity index (χ3n) is 3.28. The third-order valence-corrected chi connectivity index (χ3v) is 3.28. The van der Waals surface area contributed by atoms with Crippen molar-refractivity contribution in [1.29, 1.82) is 0 Å². The van der Waals surface area contributed by atoms with Crippen molar-refractivity contribution in [1.82, 2.24) is 0 Å². The number of nitrogens with zero attached hydrogens (tertiary/aromatic N) is 1. The van der Waals surface area contributed by atoms with E-state index >= 15 is 0 Å². The Morgan fingerprint density at radius 2 is 1.83 bits per heavy atom. The van der Waals surface area contributed by atoms with Gasteiger partial charge in [0.2, 0.25) is 0 Å². The van der Waals surface area contributed by atoms with E-state index in [9.17, 15) is 0 Å². The van der Waals surface area contributed by atoms with Crippen LogP contribution in [0.2, 0.25) is 0 Å². The van der Waals surface area contributed by atoms with Gasteiger partial charge in [0.25, 0.3) is 0 Å². The number of aliphatic hydroxyl groups excluding tert-OH is 1. The molecule has 0 saturated heterocycles. The Labute approximate surface area is 111 Å². The highest BCUT2D eigenvalue weighted by Gasteiger charge is 2.07. The Hall–Kier alpha value is -1.06. The smallest absolute Gasteiger partial charge is 0.0606 e. The average Bonchev–Trinajstić information content (AvgIpc) is 2.43. The predicted octanol–water partition coefficient (Wildman–Crippen LogP) is 2.70. The van der Waals surface area contributed by atoms with E-state index < -0.39 is 0 Å². The van der Waals surface area contributed by atoms with Gasteiger partial charge in [-0.2, -0.15) is 0 Å². The molecular formula is C15H26N2O. The zero-order valence-corrected chi connectivity index (χ0v) is 11.6. The van der Waals surface area contributed by atoms with Crippen LogP contribution in [0, 0.1) is 0 Å². The van der Waals surface area contributed by atoms with E-state index in [0.29, 0.717) is 6.54 Å². The zero-order valence-electron chi connectivity index (χ0n) is 11.6.